The van der Waals surface area contributed by atoms with Gasteiger partial charge in [-0.2, -0.15) is 0 Å². The van der Waals surface area contributed by atoms with E-state index in [1.54, 1.807) is 11.3 Å². The summed E-state index contributed by atoms with van der Waals surface area (Å²) in [6.45, 7) is 6.80. The van der Waals surface area contributed by atoms with Crippen molar-refractivity contribution >= 4 is 33.3 Å². The molecule has 1 aliphatic heterocycles. The van der Waals surface area contributed by atoms with Crippen molar-refractivity contribution in [1.82, 2.24) is 14.8 Å². The summed E-state index contributed by atoms with van der Waals surface area (Å²) in [5.74, 6) is 1.39. The molecule has 37 heavy (non-hydrogen) atoms. The number of ether oxygens (including phenoxy) is 1. The van der Waals surface area contributed by atoms with Gasteiger partial charge in [0.05, 0.1) is 15.2 Å². The number of hydrogen-bond acceptors (Lipinski definition) is 6. The number of rotatable bonds is 7. The number of aliphatic hydroxyl groups is 1. The Kier molecular flexibility index (Phi) is 8.27. The van der Waals surface area contributed by atoms with Crippen LogP contribution in [-0.2, 0) is 0 Å². The maximum absolute atomic E-state index is 12.9. The Bertz CT molecular complexity index is 1190. The second-order valence-corrected chi connectivity index (χ2v) is 11.7. The van der Waals surface area contributed by atoms with Gasteiger partial charge in [0.1, 0.15) is 18.5 Å². The average Bonchev–Trinajstić information content (AvgIpc) is 3.29. The molecule has 1 aliphatic carbocycles. The van der Waals surface area contributed by atoms with E-state index in [1.165, 1.54) is 37.7 Å². The molecule has 0 bridgehead atoms. The molecular weight excluding hydrogens is 484 g/mol. The topological polar surface area (TPSA) is 77.9 Å². The smallest absolute Gasteiger partial charge is 0.321 e. The first-order valence-electron chi connectivity index (χ1n) is 13.5. The fraction of sp³-hybridized carbons (Fsp3) is 0.517. The summed E-state index contributed by atoms with van der Waals surface area (Å²) in [6.07, 6.45) is 5.93. The lowest BCUT2D eigenvalue weighted by atomic mass is 9.84. The fourth-order valence-corrected chi connectivity index (χ4v) is 6.36. The number of piperazine rings is 1. The van der Waals surface area contributed by atoms with Crippen LogP contribution in [0.3, 0.4) is 0 Å². The molecule has 198 valence electrons. The predicted molar refractivity (Wildman–Crippen MR) is 150 cm³/mol. The molecule has 5 rings (SSSR count). The molecule has 0 unspecified atom stereocenters. The third kappa shape index (κ3) is 6.61. The summed E-state index contributed by atoms with van der Waals surface area (Å²) in [5.41, 5.74) is 3.16. The Morgan fingerprint density at radius 2 is 1.95 bits per heavy atom. The second kappa shape index (κ2) is 11.8. The van der Waals surface area contributed by atoms with Gasteiger partial charge in [-0.05, 0) is 62.4 Å². The van der Waals surface area contributed by atoms with E-state index in [9.17, 15) is 9.90 Å². The number of benzene rings is 2. The predicted octanol–water partition coefficient (Wildman–Crippen LogP) is 5.63. The standard InChI is InChI=1S/C29H38N4O3S/c1-20-17-33(29(35)31-24-10-8-23(9-11-24)22-6-4-3-5-7-22)15-14-32(20)18-25(34)19-36-26-12-13-28-27(16-26)30-21(2)37-28/h8-13,16,20,22,25,34H,3-7,14-15,17-19H2,1-2H3,(H,31,35)/t20-,25+/m0/s1. The first-order valence-corrected chi connectivity index (χ1v) is 14.3. The molecule has 0 spiro atoms. The van der Waals surface area contributed by atoms with Crippen molar-refractivity contribution < 1.29 is 14.6 Å². The number of anilines is 1. The molecule has 2 amide bonds. The normalized spacial score (nSPS) is 20.2. The number of amides is 2. The summed E-state index contributed by atoms with van der Waals surface area (Å²) in [4.78, 5) is 21.5. The van der Waals surface area contributed by atoms with Crippen molar-refractivity contribution in [2.24, 2.45) is 0 Å². The molecule has 2 fully saturated rings. The van der Waals surface area contributed by atoms with Gasteiger partial charge in [-0.15, -0.1) is 11.3 Å². The molecule has 3 aromatic rings. The average molecular weight is 523 g/mol. The van der Waals surface area contributed by atoms with E-state index in [1.807, 2.05) is 42.2 Å². The molecule has 1 saturated heterocycles. The van der Waals surface area contributed by atoms with Gasteiger partial charge in [-0.25, -0.2) is 9.78 Å². The largest absolute Gasteiger partial charge is 0.491 e. The first-order chi connectivity index (χ1) is 17.9. The van der Waals surface area contributed by atoms with E-state index >= 15 is 0 Å². The number of aliphatic hydroxyl groups excluding tert-OH is 1. The summed E-state index contributed by atoms with van der Waals surface area (Å²) >= 11 is 1.66. The van der Waals surface area contributed by atoms with Gasteiger partial charge in [-0.3, -0.25) is 4.90 Å². The maximum Gasteiger partial charge on any atom is 0.321 e. The summed E-state index contributed by atoms with van der Waals surface area (Å²) < 4.78 is 6.98. The molecule has 2 N–H and O–H groups in total. The molecule has 1 saturated carbocycles. The van der Waals surface area contributed by atoms with Gasteiger partial charge < -0.3 is 20.1 Å². The van der Waals surface area contributed by atoms with Crippen molar-refractivity contribution in [3.05, 3.63) is 53.0 Å². The summed E-state index contributed by atoms with van der Waals surface area (Å²) in [5, 5.41) is 14.7. The Morgan fingerprint density at radius 3 is 2.70 bits per heavy atom. The zero-order chi connectivity index (χ0) is 25.8. The van der Waals surface area contributed by atoms with E-state index in [-0.39, 0.29) is 18.7 Å². The highest BCUT2D eigenvalue weighted by Gasteiger charge is 2.28. The third-order valence-corrected chi connectivity index (χ3v) is 8.60. The zero-order valence-corrected chi connectivity index (χ0v) is 22.7. The minimum absolute atomic E-state index is 0.0616. The molecule has 7 nitrogen and oxygen atoms in total. The highest BCUT2D eigenvalue weighted by Crippen LogP contribution is 2.33. The molecule has 8 heteroatoms. The molecule has 2 heterocycles. The van der Waals surface area contributed by atoms with Crippen molar-refractivity contribution in [1.29, 1.82) is 0 Å². The zero-order valence-electron chi connectivity index (χ0n) is 21.9. The van der Waals surface area contributed by atoms with Crippen molar-refractivity contribution in [2.75, 3.05) is 38.1 Å². The van der Waals surface area contributed by atoms with Crippen LogP contribution in [0, 0.1) is 6.92 Å². The SMILES string of the molecule is Cc1nc2cc(OC[C@H](O)CN3CCN(C(=O)Nc4ccc(C5CCCCC5)cc4)C[C@@H]3C)ccc2s1. The van der Waals surface area contributed by atoms with E-state index in [4.69, 9.17) is 4.74 Å². The quantitative estimate of drug-likeness (QED) is 0.421. The minimum Gasteiger partial charge on any atom is -0.491 e. The highest BCUT2D eigenvalue weighted by molar-refractivity contribution is 7.18. The van der Waals surface area contributed by atoms with E-state index in [2.05, 4.69) is 34.3 Å². The van der Waals surface area contributed by atoms with Gasteiger partial charge in [0.2, 0.25) is 0 Å². The van der Waals surface area contributed by atoms with E-state index in [0.717, 1.165) is 33.2 Å². The summed E-state index contributed by atoms with van der Waals surface area (Å²) in [6, 6.07) is 14.4. The van der Waals surface area contributed by atoms with Crippen LogP contribution in [0.15, 0.2) is 42.5 Å². The van der Waals surface area contributed by atoms with Gasteiger partial charge >= 0.3 is 6.03 Å². The lowest BCUT2D eigenvalue weighted by molar-refractivity contribution is 0.0307. The molecule has 0 radical (unpaired) electrons. The van der Waals surface area contributed by atoms with Gasteiger partial charge in [0.15, 0.2) is 0 Å². The Hall–Kier alpha value is -2.68. The molecule has 2 aliphatic rings. The maximum atomic E-state index is 12.9. The van der Waals surface area contributed by atoms with Crippen LogP contribution in [0.5, 0.6) is 5.75 Å². The van der Waals surface area contributed by atoms with Crippen LogP contribution < -0.4 is 10.1 Å². The number of nitrogens with zero attached hydrogens (tertiary/aromatic N) is 3. The van der Waals surface area contributed by atoms with Crippen LogP contribution in [0.4, 0.5) is 10.5 Å². The molecule has 1 aromatic heterocycles. The van der Waals surface area contributed by atoms with Gasteiger partial charge in [0.25, 0.3) is 0 Å². The van der Waals surface area contributed by atoms with Crippen LogP contribution in [0.2, 0.25) is 0 Å². The van der Waals surface area contributed by atoms with Crippen LogP contribution >= 0.6 is 11.3 Å². The molecule has 2 atom stereocenters. The van der Waals surface area contributed by atoms with Gasteiger partial charge in [0, 0.05) is 44.0 Å². The van der Waals surface area contributed by atoms with E-state index in [0.29, 0.717) is 25.6 Å². The third-order valence-electron chi connectivity index (χ3n) is 7.64. The molecule has 2 aromatic carbocycles. The van der Waals surface area contributed by atoms with Crippen molar-refractivity contribution in [2.45, 2.75) is 64.0 Å². The number of fused-ring (bicyclic) bond motifs is 1. The number of aromatic nitrogens is 1. The highest BCUT2D eigenvalue weighted by atomic mass is 32.1. The Morgan fingerprint density at radius 1 is 1.16 bits per heavy atom. The number of urea groups is 1. The van der Waals surface area contributed by atoms with E-state index < -0.39 is 6.10 Å². The van der Waals surface area contributed by atoms with Crippen LogP contribution in [0.1, 0.15) is 55.5 Å². The number of aryl methyl sites for hydroxylation is 1. The Balaban J connectivity index is 1.06. The fourth-order valence-electron chi connectivity index (χ4n) is 5.56. The summed E-state index contributed by atoms with van der Waals surface area (Å²) in [7, 11) is 0. The van der Waals surface area contributed by atoms with Crippen LogP contribution in [-0.4, -0.2) is 70.9 Å². The lowest BCUT2D eigenvalue weighted by Gasteiger charge is -2.40. The number of nitrogens with one attached hydrogen (secondary N) is 1. The minimum atomic E-state index is -0.613. The monoisotopic (exact) mass is 522 g/mol. The van der Waals surface area contributed by atoms with Gasteiger partial charge in [-0.1, -0.05) is 31.4 Å². The van der Waals surface area contributed by atoms with Crippen molar-refractivity contribution in [3.8, 4) is 5.75 Å². The number of thiazole rings is 1. The second-order valence-electron chi connectivity index (χ2n) is 10.5. The Labute approximate surface area is 223 Å². The first kappa shape index (κ1) is 25.9. The number of hydrogen-bond donors (Lipinski definition) is 2. The number of carbonyl (C=O) groups is 1. The van der Waals surface area contributed by atoms with Crippen molar-refractivity contribution in [3.63, 3.8) is 0 Å². The molecular formula is C29H38N4O3S. The number of carbonyl (C=O) groups excluding carboxylic acids is 1. The van der Waals surface area contributed by atoms with Crippen LogP contribution in [0.25, 0.3) is 10.2 Å². The lowest BCUT2D eigenvalue weighted by Crippen LogP contribution is -2.56. The number of β-amino-alcohol motifs (C(OH)–C–C–N with tert-alkyl or cyclic N) is 1.